The second-order valence-electron chi connectivity index (χ2n) is 10.2. The molecule has 16 heteroatoms. The van der Waals surface area contributed by atoms with Gasteiger partial charge >= 0.3 is 12.1 Å². The number of alkyl halides is 3. The number of sulfonamides is 1. The number of hydrogen-bond donors (Lipinski definition) is 3. The van der Waals surface area contributed by atoms with Crippen molar-refractivity contribution >= 4 is 56.6 Å². The molecule has 0 unspecified atom stereocenters. The molecule has 0 aromatic heterocycles. The van der Waals surface area contributed by atoms with Gasteiger partial charge in [0.25, 0.3) is 15.9 Å². The SMILES string of the molecule is O=C(NCCc1ccc(C2=NCCN2)cc1)c1ccc(S(=O)(=O)Nc2ccccc2Oc2ccc(Cl)cc2Cl)cc1OC(=O)C(F)(F)F. The Kier molecular flexibility index (Phi) is 10.5. The van der Waals surface area contributed by atoms with Gasteiger partial charge in [0.15, 0.2) is 5.75 Å². The van der Waals surface area contributed by atoms with E-state index < -0.39 is 44.3 Å². The first-order valence-corrected chi connectivity index (χ1v) is 16.4. The number of nitrogens with zero attached hydrogens (tertiary/aromatic N) is 1. The van der Waals surface area contributed by atoms with E-state index in [-0.39, 0.29) is 28.8 Å². The second-order valence-corrected chi connectivity index (χ2v) is 12.7. The summed E-state index contributed by atoms with van der Waals surface area (Å²) >= 11 is 12.1. The van der Waals surface area contributed by atoms with E-state index in [1.807, 2.05) is 24.3 Å². The lowest BCUT2D eigenvalue weighted by atomic mass is 10.1. The molecule has 0 bridgehead atoms. The van der Waals surface area contributed by atoms with E-state index >= 15 is 0 Å². The van der Waals surface area contributed by atoms with Gasteiger partial charge in [-0.15, -0.1) is 0 Å². The summed E-state index contributed by atoms with van der Waals surface area (Å²) in [5.74, 6) is -3.46. The largest absolute Gasteiger partial charge is 0.491 e. The van der Waals surface area contributed by atoms with Crippen molar-refractivity contribution in [3.8, 4) is 17.2 Å². The molecule has 250 valence electrons. The van der Waals surface area contributed by atoms with Crippen LogP contribution in [-0.2, 0) is 21.2 Å². The number of hydrogen-bond acceptors (Lipinski definition) is 8. The number of benzene rings is 4. The summed E-state index contributed by atoms with van der Waals surface area (Å²) in [7, 11) is -4.55. The highest BCUT2D eigenvalue weighted by Crippen LogP contribution is 2.36. The molecule has 10 nitrogen and oxygen atoms in total. The Bertz CT molecular complexity index is 1990. The maximum Gasteiger partial charge on any atom is 0.491 e. The van der Waals surface area contributed by atoms with Crippen LogP contribution in [-0.4, -0.2) is 51.9 Å². The Balaban J connectivity index is 1.34. The third kappa shape index (κ3) is 8.56. The van der Waals surface area contributed by atoms with Crippen LogP contribution >= 0.6 is 23.2 Å². The van der Waals surface area contributed by atoms with Gasteiger partial charge in [-0.1, -0.05) is 59.6 Å². The van der Waals surface area contributed by atoms with Gasteiger partial charge in [-0.3, -0.25) is 14.5 Å². The van der Waals surface area contributed by atoms with Crippen molar-refractivity contribution in [1.82, 2.24) is 10.6 Å². The molecule has 4 aromatic rings. The van der Waals surface area contributed by atoms with Crippen molar-refractivity contribution in [3.05, 3.63) is 112 Å². The van der Waals surface area contributed by atoms with Gasteiger partial charge < -0.3 is 20.1 Å². The molecule has 48 heavy (non-hydrogen) atoms. The lowest BCUT2D eigenvalue weighted by molar-refractivity contribution is -0.189. The maximum atomic E-state index is 13.4. The molecule has 0 fully saturated rings. The van der Waals surface area contributed by atoms with E-state index in [1.165, 1.54) is 36.4 Å². The van der Waals surface area contributed by atoms with Crippen LogP contribution in [0.1, 0.15) is 21.5 Å². The molecule has 5 rings (SSSR count). The molecule has 0 aliphatic carbocycles. The van der Waals surface area contributed by atoms with E-state index in [0.29, 0.717) is 24.1 Å². The molecule has 0 spiro atoms. The highest BCUT2D eigenvalue weighted by Gasteiger charge is 2.42. The maximum absolute atomic E-state index is 13.4. The van der Waals surface area contributed by atoms with Crippen LogP contribution in [0.25, 0.3) is 0 Å². The van der Waals surface area contributed by atoms with Crippen molar-refractivity contribution < 1.29 is 40.7 Å². The average molecular weight is 722 g/mol. The highest BCUT2D eigenvalue weighted by atomic mass is 35.5. The number of amides is 1. The van der Waals surface area contributed by atoms with E-state index in [4.69, 9.17) is 27.9 Å². The van der Waals surface area contributed by atoms with Crippen LogP contribution in [0.4, 0.5) is 18.9 Å². The summed E-state index contributed by atoms with van der Waals surface area (Å²) in [5, 5.41) is 6.22. The summed E-state index contributed by atoms with van der Waals surface area (Å²) in [5.41, 5.74) is 1.22. The zero-order chi connectivity index (χ0) is 34.5. The summed E-state index contributed by atoms with van der Waals surface area (Å²) in [6, 6.07) is 20.3. The third-order valence-electron chi connectivity index (χ3n) is 6.79. The number of para-hydroxylation sites is 2. The monoisotopic (exact) mass is 720 g/mol. The number of nitrogens with one attached hydrogen (secondary N) is 3. The van der Waals surface area contributed by atoms with Gasteiger partial charge in [-0.25, -0.2) is 13.2 Å². The average Bonchev–Trinajstić information content (AvgIpc) is 3.58. The zero-order valence-electron chi connectivity index (χ0n) is 24.6. The molecular weight excluding hydrogens is 696 g/mol. The van der Waals surface area contributed by atoms with Crippen LogP contribution in [0.2, 0.25) is 10.0 Å². The topological polar surface area (TPSA) is 135 Å². The molecule has 1 amide bonds. The summed E-state index contributed by atoms with van der Waals surface area (Å²) in [6.07, 6.45) is -5.06. The number of carbonyl (C=O) groups excluding carboxylic acids is 2. The van der Waals surface area contributed by atoms with Gasteiger partial charge in [0, 0.05) is 29.7 Å². The fraction of sp³-hybridized carbons (Fsp3) is 0.156. The van der Waals surface area contributed by atoms with Crippen molar-refractivity contribution in [1.29, 1.82) is 0 Å². The van der Waals surface area contributed by atoms with Gasteiger partial charge in [0.05, 0.1) is 27.7 Å². The van der Waals surface area contributed by atoms with Crippen LogP contribution in [0, 0.1) is 0 Å². The predicted molar refractivity (Wildman–Crippen MR) is 174 cm³/mol. The molecule has 0 saturated carbocycles. The quantitative estimate of drug-likeness (QED) is 0.121. The number of anilines is 1. The van der Waals surface area contributed by atoms with Gasteiger partial charge in [-0.05, 0) is 54.4 Å². The Labute approximate surface area is 282 Å². The van der Waals surface area contributed by atoms with Crippen molar-refractivity contribution in [2.24, 2.45) is 4.99 Å². The first-order chi connectivity index (χ1) is 22.8. The number of rotatable bonds is 11. The Morgan fingerprint density at radius 1 is 0.917 bits per heavy atom. The molecule has 1 heterocycles. The summed E-state index contributed by atoms with van der Waals surface area (Å²) in [4.78, 5) is 28.5. The molecule has 1 aliphatic heterocycles. The van der Waals surface area contributed by atoms with Crippen molar-refractivity contribution in [2.75, 3.05) is 24.4 Å². The predicted octanol–water partition coefficient (Wildman–Crippen LogP) is 6.38. The van der Waals surface area contributed by atoms with Crippen molar-refractivity contribution in [2.45, 2.75) is 17.5 Å². The Morgan fingerprint density at radius 3 is 2.35 bits per heavy atom. The van der Waals surface area contributed by atoms with E-state index in [9.17, 15) is 31.2 Å². The fourth-order valence-electron chi connectivity index (χ4n) is 4.46. The van der Waals surface area contributed by atoms with Crippen LogP contribution in [0.3, 0.4) is 0 Å². The normalized spacial score (nSPS) is 12.9. The minimum absolute atomic E-state index is 0.0311. The molecule has 3 N–H and O–H groups in total. The number of aliphatic imine (C=N–C) groups is 1. The number of halogens is 5. The lowest BCUT2D eigenvalue weighted by Crippen LogP contribution is -2.30. The Hall–Kier alpha value is -4.79. The minimum atomic E-state index is -5.42. The van der Waals surface area contributed by atoms with Gasteiger partial charge in [0.2, 0.25) is 0 Å². The van der Waals surface area contributed by atoms with Gasteiger partial charge in [0.1, 0.15) is 17.3 Å². The van der Waals surface area contributed by atoms with E-state index in [2.05, 4.69) is 25.1 Å². The van der Waals surface area contributed by atoms with Crippen LogP contribution in [0.15, 0.2) is 94.8 Å². The fourth-order valence-corrected chi connectivity index (χ4v) is 5.99. The van der Waals surface area contributed by atoms with E-state index in [1.54, 1.807) is 6.07 Å². The summed E-state index contributed by atoms with van der Waals surface area (Å²) < 4.78 is 78.7. The molecule has 0 atom stereocenters. The second kappa shape index (κ2) is 14.5. The number of ether oxygens (including phenoxy) is 2. The molecule has 4 aromatic carbocycles. The molecule has 1 aliphatic rings. The third-order valence-corrected chi connectivity index (χ3v) is 8.68. The zero-order valence-corrected chi connectivity index (χ0v) is 26.9. The molecular formula is C32H25Cl2F3N4O6S. The van der Waals surface area contributed by atoms with E-state index in [0.717, 1.165) is 35.6 Å². The van der Waals surface area contributed by atoms with Crippen LogP contribution < -0.4 is 24.8 Å². The smallest absolute Gasteiger partial charge is 0.454 e. The molecule has 0 saturated heterocycles. The standard InChI is InChI=1S/C32H25Cl2F3N4O6S/c33-21-9-12-26(24(34)17-21)46-27-4-2-1-3-25(27)41-48(44,45)22-10-11-23(28(18-22)47-31(43)32(35,36)37)30(42)40-14-13-19-5-7-20(8-6-19)29-38-15-16-39-29/h1-12,17-18,41H,13-16H2,(H,38,39)(H,40,42). The van der Waals surface area contributed by atoms with Crippen LogP contribution in [0.5, 0.6) is 17.2 Å². The first-order valence-electron chi connectivity index (χ1n) is 14.1. The highest BCUT2D eigenvalue weighted by molar-refractivity contribution is 7.92. The van der Waals surface area contributed by atoms with Crippen molar-refractivity contribution in [3.63, 3.8) is 0 Å². The van der Waals surface area contributed by atoms with Gasteiger partial charge in [-0.2, -0.15) is 13.2 Å². The Morgan fingerprint density at radius 2 is 1.67 bits per heavy atom. The minimum Gasteiger partial charge on any atom is -0.454 e. The number of carbonyl (C=O) groups is 2. The lowest BCUT2D eigenvalue weighted by Gasteiger charge is -2.16. The summed E-state index contributed by atoms with van der Waals surface area (Å²) in [6.45, 7) is 1.52. The molecule has 0 radical (unpaired) electrons. The number of esters is 1. The number of amidine groups is 1. The first kappa shape index (κ1) is 34.5.